The summed E-state index contributed by atoms with van der Waals surface area (Å²) in [6.07, 6.45) is 6.35. The van der Waals surface area contributed by atoms with Crippen LogP contribution in [0.4, 0.5) is 0 Å². The second-order valence-electron chi connectivity index (χ2n) is 6.65. The number of rotatable bonds is 5. The molecule has 1 N–H and O–H groups in total. The summed E-state index contributed by atoms with van der Waals surface area (Å²) in [5, 5.41) is 18.2. The van der Waals surface area contributed by atoms with Gasteiger partial charge in [0.1, 0.15) is 0 Å². The van der Waals surface area contributed by atoms with Gasteiger partial charge in [-0.3, -0.25) is 14.2 Å². The average molecular weight is 345 g/mol. The maximum atomic E-state index is 12.4. The number of nitrogens with zero attached hydrogens (tertiary/aromatic N) is 5. The molecular weight excluding hydrogens is 322 g/mol. The number of piperidine rings is 1. The summed E-state index contributed by atoms with van der Waals surface area (Å²) in [6, 6.07) is 1.90. The number of likely N-dealkylation sites (tertiary alicyclic amines) is 1. The minimum absolute atomic E-state index is 0.0313. The molecule has 1 aliphatic heterocycles. The summed E-state index contributed by atoms with van der Waals surface area (Å²) in [7, 11) is 0. The van der Waals surface area contributed by atoms with Gasteiger partial charge < -0.3 is 10.0 Å². The third kappa shape index (κ3) is 3.42. The number of amides is 1. The van der Waals surface area contributed by atoms with E-state index in [0.717, 1.165) is 11.3 Å². The number of carbonyl (C=O) groups excluding carboxylic acids is 1. The van der Waals surface area contributed by atoms with Crippen LogP contribution < -0.4 is 0 Å². The number of carboxylic acid groups (broad SMARTS) is 1. The second-order valence-corrected chi connectivity index (χ2v) is 6.65. The fourth-order valence-corrected chi connectivity index (χ4v) is 3.27. The van der Waals surface area contributed by atoms with Crippen LogP contribution in [0.1, 0.15) is 30.5 Å². The Labute approximate surface area is 146 Å². The van der Waals surface area contributed by atoms with E-state index in [2.05, 4.69) is 10.2 Å². The maximum Gasteiger partial charge on any atom is 0.331 e. The molecule has 8 nitrogen and oxygen atoms in total. The molecule has 25 heavy (non-hydrogen) atoms. The number of carboxylic acids is 1. The molecule has 134 valence electrons. The first-order valence-electron chi connectivity index (χ1n) is 8.44. The summed E-state index contributed by atoms with van der Waals surface area (Å²) in [5.74, 6) is -0.862. The molecule has 0 unspecified atom stereocenters. The third-order valence-electron chi connectivity index (χ3n) is 4.82. The molecule has 3 heterocycles. The Kier molecular flexibility index (Phi) is 4.61. The number of aromatic nitrogens is 4. The van der Waals surface area contributed by atoms with Crippen LogP contribution in [-0.2, 0) is 21.7 Å². The minimum Gasteiger partial charge on any atom is -0.479 e. The lowest BCUT2D eigenvalue weighted by Crippen LogP contribution is -2.52. The third-order valence-corrected chi connectivity index (χ3v) is 4.82. The molecule has 0 bridgehead atoms. The molecule has 0 atom stereocenters. The van der Waals surface area contributed by atoms with Crippen LogP contribution >= 0.6 is 0 Å². The Balaban J connectivity index is 1.61. The van der Waals surface area contributed by atoms with E-state index in [0.29, 0.717) is 38.9 Å². The van der Waals surface area contributed by atoms with Crippen molar-refractivity contribution in [2.45, 2.75) is 45.2 Å². The summed E-state index contributed by atoms with van der Waals surface area (Å²) in [4.78, 5) is 26.1. The first-order valence-corrected chi connectivity index (χ1v) is 8.44. The molecule has 3 rings (SSSR count). The fraction of sp³-hybridized carbons (Fsp3) is 0.529. The van der Waals surface area contributed by atoms with Crippen LogP contribution in [0.2, 0.25) is 0 Å². The van der Waals surface area contributed by atoms with Gasteiger partial charge in [0.25, 0.3) is 0 Å². The smallest absolute Gasteiger partial charge is 0.331 e. The maximum absolute atomic E-state index is 12.4. The van der Waals surface area contributed by atoms with Gasteiger partial charge in [0.05, 0.1) is 11.9 Å². The van der Waals surface area contributed by atoms with E-state index in [4.69, 9.17) is 0 Å². The largest absolute Gasteiger partial charge is 0.479 e. The van der Waals surface area contributed by atoms with Gasteiger partial charge in [-0.25, -0.2) is 4.79 Å². The fourth-order valence-electron chi connectivity index (χ4n) is 3.27. The number of aryl methyl sites for hydroxylation is 3. The van der Waals surface area contributed by atoms with E-state index in [1.165, 1.54) is 0 Å². The zero-order valence-electron chi connectivity index (χ0n) is 14.6. The Morgan fingerprint density at radius 3 is 2.52 bits per heavy atom. The van der Waals surface area contributed by atoms with Crippen molar-refractivity contribution in [3.63, 3.8) is 0 Å². The molecule has 1 saturated heterocycles. The van der Waals surface area contributed by atoms with E-state index >= 15 is 0 Å². The van der Waals surface area contributed by atoms with Gasteiger partial charge in [0, 0.05) is 51.3 Å². The van der Waals surface area contributed by atoms with Crippen LogP contribution in [0.15, 0.2) is 24.7 Å². The van der Waals surface area contributed by atoms with Gasteiger partial charge in [-0.05, 0) is 25.5 Å². The monoisotopic (exact) mass is 345 g/mol. The molecule has 1 amide bonds. The Hall–Kier alpha value is -2.64. The molecule has 0 radical (unpaired) electrons. The number of carbonyl (C=O) groups is 2. The second kappa shape index (κ2) is 6.70. The highest BCUT2D eigenvalue weighted by Crippen LogP contribution is 2.30. The quantitative estimate of drug-likeness (QED) is 0.878. The Morgan fingerprint density at radius 2 is 2.00 bits per heavy atom. The lowest BCUT2D eigenvalue weighted by molar-refractivity contribution is -0.153. The van der Waals surface area contributed by atoms with E-state index in [-0.39, 0.29) is 5.91 Å². The van der Waals surface area contributed by atoms with Crippen molar-refractivity contribution in [2.24, 2.45) is 0 Å². The standard InChI is InChI=1S/C17H23N5O3/c1-13-11-18-22(12-13)17(16(24)25)5-9-20(10-6-17)15(23)4-8-21-7-3-14(2)19-21/h3,7,11-12H,4-6,8-10H2,1-2H3,(H,24,25). The first kappa shape index (κ1) is 17.2. The highest BCUT2D eigenvalue weighted by Gasteiger charge is 2.44. The minimum atomic E-state index is -1.07. The van der Waals surface area contributed by atoms with Crippen LogP contribution in [0.25, 0.3) is 0 Å². The van der Waals surface area contributed by atoms with E-state index in [1.54, 1.807) is 26.7 Å². The highest BCUT2D eigenvalue weighted by atomic mass is 16.4. The molecule has 8 heteroatoms. The van der Waals surface area contributed by atoms with Crippen molar-refractivity contribution in [1.29, 1.82) is 0 Å². The lowest BCUT2D eigenvalue weighted by Gasteiger charge is -2.39. The van der Waals surface area contributed by atoms with E-state index in [1.807, 2.05) is 26.1 Å². The summed E-state index contributed by atoms with van der Waals surface area (Å²) >= 11 is 0. The van der Waals surface area contributed by atoms with E-state index < -0.39 is 11.5 Å². The normalized spacial score (nSPS) is 16.8. The van der Waals surface area contributed by atoms with Gasteiger partial charge in [-0.15, -0.1) is 0 Å². The molecule has 1 fully saturated rings. The average Bonchev–Trinajstić information content (AvgIpc) is 3.21. The topological polar surface area (TPSA) is 93.3 Å². The van der Waals surface area contributed by atoms with Gasteiger partial charge in [0.2, 0.25) is 5.91 Å². The molecule has 1 aliphatic rings. The van der Waals surface area contributed by atoms with E-state index in [9.17, 15) is 14.7 Å². The Morgan fingerprint density at radius 1 is 1.28 bits per heavy atom. The molecule has 0 aliphatic carbocycles. The summed E-state index contributed by atoms with van der Waals surface area (Å²) in [5.41, 5.74) is 0.782. The van der Waals surface area contributed by atoms with Gasteiger partial charge in [-0.2, -0.15) is 10.2 Å². The van der Waals surface area contributed by atoms with Crippen LogP contribution in [0.5, 0.6) is 0 Å². The Bertz CT molecular complexity index is 771. The molecule has 0 spiro atoms. The van der Waals surface area contributed by atoms with Crippen molar-refractivity contribution in [3.05, 3.63) is 35.9 Å². The molecule has 2 aromatic rings. The predicted octanol–water partition coefficient (Wildman–Crippen LogP) is 1.19. The zero-order valence-corrected chi connectivity index (χ0v) is 14.6. The van der Waals surface area contributed by atoms with Crippen LogP contribution in [-0.4, -0.2) is 54.5 Å². The van der Waals surface area contributed by atoms with Crippen molar-refractivity contribution in [1.82, 2.24) is 24.5 Å². The predicted molar refractivity (Wildman–Crippen MR) is 90.0 cm³/mol. The van der Waals surface area contributed by atoms with Crippen molar-refractivity contribution < 1.29 is 14.7 Å². The zero-order chi connectivity index (χ0) is 18.0. The van der Waals surface area contributed by atoms with Gasteiger partial charge >= 0.3 is 5.97 Å². The molecule has 0 saturated carbocycles. The number of aliphatic carboxylic acids is 1. The van der Waals surface area contributed by atoms with Crippen molar-refractivity contribution >= 4 is 11.9 Å². The summed E-state index contributed by atoms with van der Waals surface area (Å²) < 4.78 is 3.30. The molecule has 2 aromatic heterocycles. The summed E-state index contributed by atoms with van der Waals surface area (Å²) in [6.45, 7) is 5.16. The van der Waals surface area contributed by atoms with Gasteiger partial charge in [0.15, 0.2) is 5.54 Å². The number of hydrogen-bond donors (Lipinski definition) is 1. The SMILES string of the molecule is Cc1cnn(C2(C(=O)O)CCN(C(=O)CCn3ccc(C)n3)CC2)c1. The molecular formula is C17H23N5O3. The van der Waals surface area contributed by atoms with Crippen LogP contribution in [0, 0.1) is 13.8 Å². The highest BCUT2D eigenvalue weighted by molar-refractivity contribution is 5.79. The van der Waals surface area contributed by atoms with Crippen LogP contribution in [0.3, 0.4) is 0 Å². The van der Waals surface area contributed by atoms with Crippen molar-refractivity contribution in [3.8, 4) is 0 Å². The number of hydrogen-bond acceptors (Lipinski definition) is 4. The van der Waals surface area contributed by atoms with Crippen molar-refractivity contribution in [2.75, 3.05) is 13.1 Å². The lowest BCUT2D eigenvalue weighted by atomic mass is 9.87. The first-order chi connectivity index (χ1) is 11.9. The molecule has 0 aromatic carbocycles. The van der Waals surface area contributed by atoms with Gasteiger partial charge in [-0.1, -0.05) is 0 Å².